The molecular formula is C20H33ClN2O2. The number of rotatable bonds is 8. The van der Waals surface area contributed by atoms with Gasteiger partial charge in [-0.2, -0.15) is 0 Å². The molecule has 0 saturated carbocycles. The van der Waals surface area contributed by atoms with Gasteiger partial charge >= 0.3 is 0 Å². The molecule has 0 aliphatic carbocycles. The number of nitrogens with one attached hydrogen (secondary N) is 2. The number of ether oxygens (including phenoxy) is 1. The molecule has 0 bridgehead atoms. The van der Waals surface area contributed by atoms with Crippen LogP contribution in [0.15, 0.2) is 24.3 Å². The number of carbonyl (C=O) groups is 1. The molecule has 2 rings (SSSR count). The van der Waals surface area contributed by atoms with Crippen molar-refractivity contribution in [2.75, 3.05) is 26.7 Å². The van der Waals surface area contributed by atoms with Crippen LogP contribution in [0.2, 0.25) is 0 Å². The van der Waals surface area contributed by atoms with Gasteiger partial charge in [0.05, 0.1) is 7.11 Å². The minimum absolute atomic E-state index is 0. The monoisotopic (exact) mass is 368 g/mol. The number of halogens is 1. The smallest absolute Gasteiger partial charge is 0.220 e. The molecule has 2 N–H and O–H groups in total. The number of methoxy groups -OCH3 is 1. The van der Waals surface area contributed by atoms with Crippen molar-refractivity contribution in [3.8, 4) is 5.75 Å². The second-order valence-electron chi connectivity index (χ2n) is 7.08. The van der Waals surface area contributed by atoms with Gasteiger partial charge in [0, 0.05) is 13.0 Å². The standard InChI is InChI=1S/C20H32N2O2.ClH/c1-15(17-4-6-19(24-3)7-5-17)8-13-22-20(23)14-16(2)18-9-11-21-12-10-18;/h4-7,15-16,18,21H,8-14H2,1-3H3,(H,22,23);1H. The minimum atomic E-state index is 0. The fourth-order valence-corrected chi connectivity index (χ4v) is 3.47. The summed E-state index contributed by atoms with van der Waals surface area (Å²) < 4.78 is 5.19. The summed E-state index contributed by atoms with van der Waals surface area (Å²) in [7, 11) is 1.68. The van der Waals surface area contributed by atoms with E-state index in [0.717, 1.165) is 31.8 Å². The first-order valence-corrected chi connectivity index (χ1v) is 9.21. The Bertz CT molecular complexity index is 501. The second-order valence-corrected chi connectivity index (χ2v) is 7.08. The van der Waals surface area contributed by atoms with Gasteiger partial charge < -0.3 is 15.4 Å². The molecule has 4 nitrogen and oxygen atoms in total. The van der Waals surface area contributed by atoms with E-state index in [9.17, 15) is 4.79 Å². The van der Waals surface area contributed by atoms with Crippen molar-refractivity contribution in [3.05, 3.63) is 29.8 Å². The van der Waals surface area contributed by atoms with Gasteiger partial charge in [-0.15, -0.1) is 12.4 Å². The summed E-state index contributed by atoms with van der Waals surface area (Å²) in [5.41, 5.74) is 1.29. The van der Waals surface area contributed by atoms with E-state index < -0.39 is 0 Å². The molecule has 1 aliphatic heterocycles. The van der Waals surface area contributed by atoms with Crippen LogP contribution in [0, 0.1) is 11.8 Å². The van der Waals surface area contributed by atoms with E-state index in [0.29, 0.717) is 24.2 Å². The molecule has 0 spiro atoms. The Balaban J connectivity index is 0.00000312. The summed E-state index contributed by atoms with van der Waals surface area (Å²) in [6.07, 6.45) is 4.01. The highest BCUT2D eigenvalue weighted by atomic mass is 35.5. The van der Waals surface area contributed by atoms with E-state index in [1.807, 2.05) is 12.1 Å². The highest BCUT2D eigenvalue weighted by Gasteiger charge is 2.21. The predicted octanol–water partition coefficient (Wildman–Crippen LogP) is 3.75. The summed E-state index contributed by atoms with van der Waals surface area (Å²) in [5.74, 6) is 2.67. The zero-order chi connectivity index (χ0) is 17.4. The predicted molar refractivity (Wildman–Crippen MR) is 106 cm³/mol. The first-order chi connectivity index (χ1) is 11.6. The first kappa shape index (κ1) is 21.8. The number of hydrogen-bond acceptors (Lipinski definition) is 3. The van der Waals surface area contributed by atoms with Crippen LogP contribution in [-0.2, 0) is 4.79 Å². The molecule has 1 amide bonds. The highest BCUT2D eigenvalue weighted by Crippen LogP contribution is 2.24. The SMILES string of the molecule is COc1ccc(C(C)CCNC(=O)CC(C)C2CCNCC2)cc1.Cl. The minimum Gasteiger partial charge on any atom is -0.497 e. The Morgan fingerprint density at radius 1 is 1.24 bits per heavy atom. The van der Waals surface area contributed by atoms with E-state index in [-0.39, 0.29) is 18.3 Å². The van der Waals surface area contributed by atoms with Crippen LogP contribution in [0.5, 0.6) is 5.75 Å². The second kappa shape index (κ2) is 11.4. The number of amides is 1. The van der Waals surface area contributed by atoms with Gasteiger partial charge in [0.25, 0.3) is 0 Å². The zero-order valence-corrected chi connectivity index (χ0v) is 16.5. The van der Waals surface area contributed by atoms with Gasteiger partial charge in [-0.1, -0.05) is 26.0 Å². The van der Waals surface area contributed by atoms with Crippen molar-refractivity contribution in [1.29, 1.82) is 0 Å². The van der Waals surface area contributed by atoms with Crippen LogP contribution < -0.4 is 15.4 Å². The molecule has 0 aromatic heterocycles. The third-order valence-corrected chi connectivity index (χ3v) is 5.28. The van der Waals surface area contributed by atoms with Crippen LogP contribution in [0.3, 0.4) is 0 Å². The lowest BCUT2D eigenvalue weighted by Gasteiger charge is -2.27. The van der Waals surface area contributed by atoms with E-state index in [2.05, 4.69) is 36.6 Å². The number of hydrogen-bond donors (Lipinski definition) is 2. The van der Waals surface area contributed by atoms with Crippen molar-refractivity contribution >= 4 is 18.3 Å². The van der Waals surface area contributed by atoms with Crippen molar-refractivity contribution in [1.82, 2.24) is 10.6 Å². The lowest BCUT2D eigenvalue weighted by Crippen LogP contribution is -2.33. The molecule has 0 radical (unpaired) electrons. The molecule has 142 valence electrons. The molecule has 2 unspecified atom stereocenters. The molecule has 1 aromatic rings. The number of benzene rings is 1. The third kappa shape index (κ3) is 7.25. The molecule has 5 heteroatoms. The van der Waals surface area contributed by atoms with Crippen molar-refractivity contribution in [2.24, 2.45) is 11.8 Å². The van der Waals surface area contributed by atoms with E-state index in [1.54, 1.807) is 7.11 Å². The maximum Gasteiger partial charge on any atom is 0.220 e. The molecule has 1 heterocycles. The van der Waals surface area contributed by atoms with E-state index in [4.69, 9.17) is 4.74 Å². The Morgan fingerprint density at radius 2 is 1.88 bits per heavy atom. The molecule has 1 fully saturated rings. The van der Waals surface area contributed by atoms with Gasteiger partial charge in [-0.25, -0.2) is 0 Å². The first-order valence-electron chi connectivity index (χ1n) is 9.21. The number of piperidine rings is 1. The average molecular weight is 369 g/mol. The quantitative estimate of drug-likeness (QED) is 0.734. The fourth-order valence-electron chi connectivity index (χ4n) is 3.47. The molecule has 1 aliphatic rings. The molecule has 1 aromatic carbocycles. The molecule has 1 saturated heterocycles. The van der Waals surface area contributed by atoms with Crippen molar-refractivity contribution < 1.29 is 9.53 Å². The maximum absolute atomic E-state index is 12.2. The Labute approximate surface area is 158 Å². The van der Waals surface area contributed by atoms with Gasteiger partial charge in [0.1, 0.15) is 5.75 Å². The summed E-state index contributed by atoms with van der Waals surface area (Å²) >= 11 is 0. The maximum atomic E-state index is 12.2. The highest BCUT2D eigenvalue weighted by molar-refractivity contribution is 5.85. The van der Waals surface area contributed by atoms with Gasteiger partial charge in [-0.3, -0.25) is 4.79 Å². The van der Waals surface area contributed by atoms with Gasteiger partial charge in [0.2, 0.25) is 5.91 Å². The van der Waals surface area contributed by atoms with Crippen molar-refractivity contribution in [2.45, 2.75) is 45.4 Å². The summed E-state index contributed by atoms with van der Waals surface area (Å²) in [6.45, 7) is 7.35. The largest absolute Gasteiger partial charge is 0.497 e. The lowest BCUT2D eigenvalue weighted by molar-refractivity contribution is -0.122. The van der Waals surface area contributed by atoms with E-state index >= 15 is 0 Å². The Morgan fingerprint density at radius 3 is 2.48 bits per heavy atom. The van der Waals surface area contributed by atoms with Gasteiger partial charge in [0.15, 0.2) is 0 Å². The third-order valence-electron chi connectivity index (χ3n) is 5.28. The zero-order valence-electron chi connectivity index (χ0n) is 15.7. The van der Waals surface area contributed by atoms with Crippen LogP contribution in [0.1, 0.15) is 51.0 Å². The van der Waals surface area contributed by atoms with Crippen LogP contribution in [0.4, 0.5) is 0 Å². The topological polar surface area (TPSA) is 50.4 Å². The van der Waals surface area contributed by atoms with Crippen molar-refractivity contribution in [3.63, 3.8) is 0 Å². The fraction of sp³-hybridized carbons (Fsp3) is 0.650. The summed E-state index contributed by atoms with van der Waals surface area (Å²) in [5, 5.41) is 6.48. The van der Waals surface area contributed by atoms with Crippen LogP contribution in [0.25, 0.3) is 0 Å². The van der Waals surface area contributed by atoms with Gasteiger partial charge in [-0.05, 0) is 67.8 Å². The van der Waals surface area contributed by atoms with Crippen LogP contribution >= 0.6 is 12.4 Å². The lowest BCUT2D eigenvalue weighted by atomic mass is 9.84. The average Bonchev–Trinajstić information content (AvgIpc) is 2.62. The molecule has 2 atom stereocenters. The van der Waals surface area contributed by atoms with E-state index in [1.165, 1.54) is 18.4 Å². The summed E-state index contributed by atoms with van der Waals surface area (Å²) in [6, 6.07) is 8.19. The molecular weight excluding hydrogens is 336 g/mol. The normalized spacial score (nSPS) is 17.2. The summed E-state index contributed by atoms with van der Waals surface area (Å²) in [4.78, 5) is 12.2. The number of carbonyl (C=O) groups excluding carboxylic acids is 1. The Kier molecular flexibility index (Phi) is 9.91. The Hall–Kier alpha value is -1.26. The molecule has 25 heavy (non-hydrogen) atoms. The van der Waals surface area contributed by atoms with Crippen LogP contribution in [-0.4, -0.2) is 32.7 Å².